The minimum atomic E-state index is -0.828. The molecule has 3 nitrogen and oxygen atoms in total. The Morgan fingerprint density at radius 1 is 1.44 bits per heavy atom. The van der Waals surface area contributed by atoms with Crippen molar-refractivity contribution in [1.29, 1.82) is 5.26 Å². The lowest BCUT2D eigenvalue weighted by atomic mass is 9.98. The van der Waals surface area contributed by atoms with Gasteiger partial charge < -0.3 is 5.32 Å². The molecule has 0 saturated heterocycles. The van der Waals surface area contributed by atoms with Crippen LogP contribution in [-0.4, -0.2) is 11.4 Å². The Hall–Kier alpha value is -1.53. The molecule has 0 radical (unpaired) electrons. The molecule has 96 valence electrons. The molecule has 4 heteroatoms. The summed E-state index contributed by atoms with van der Waals surface area (Å²) in [5.74, 6) is -0.296. The van der Waals surface area contributed by atoms with Crippen LogP contribution in [0.5, 0.6) is 0 Å². The van der Waals surface area contributed by atoms with E-state index >= 15 is 0 Å². The van der Waals surface area contributed by atoms with Crippen molar-refractivity contribution in [2.75, 3.05) is 0 Å². The van der Waals surface area contributed by atoms with Gasteiger partial charge in [0.2, 0.25) is 5.91 Å². The maximum atomic E-state index is 11.9. The first-order valence-corrected chi connectivity index (χ1v) is 6.19. The number of nitriles is 1. The molecule has 1 atom stereocenters. The number of nitrogens with one attached hydrogen (secondary N) is 1. The Kier molecular flexibility index (Phi) is 4.75. The van der Waals surface area contributed by atoms with E-state index in [0.29, 0.717) is 11.4 Å². The van der Waals surface area contributed by atoms with Crippen LogP contribution < -0.4 is 5.32 Å². The topological polar surface area (TPSA) is 52.9 Å². The Morgan fingerprint density at radius 2 is 2.00 bits per heavy atom. The zero-order chi connectivity index (χ0) is 13.8. The van der Waals surface area contributed by atoms with Gasteiger partial charge in [0.1, 0.15) is 5.54 Å². The van der Waals surface area contributed by atoms with E-state index in [1.807, 2.05) is 25.1 Å². The average molecular weight is 265 g/mol. The molecule has 0 aliphatic rings. The van der Waals surface area contributed by atoms with Crippen LogP contribution in [0, 0.1) is 17.2 Å². The van der Waals surface area contributed by atoms with Gasteiger partial charge in [0.05, 0.1) is 6.07 Å². The number of rotatable bonds is 4. The van der Waals surface area contributed by atoms with Gasteiger partial charge in [-0.05, 0) is 38.0 Å². The van der Waals surface area contributed by atoms with Gasteiger partial charge in [-0.25, -0.2) is 0 Å². The van der Waals surface area contributed by atoms with Crippen LogP contribution >= 0.6 is 11.6 Å². The Labute approximate surface area is 113 Å². The maximum absolute atomic E-state index is 11.9. The van der Waals surface area contributed by atoms with Crippen LogP contribution in [0.25, 0.3) is 0 Å². The molecule has 1 aromatic carbocycles. The van der Waals surface area contributed by atoms with Crippen LogP contribution in [0.15, 0.2) is 24.3 Å². The van der Waals surface area contributed by atoms with Crippen LogP contribution in [0.4, 0.5) is 0 Å². The Balaban J connectivity index is 2.61. The van der Waals surface area contributed by atoms with E-state index in [4.69, 9.17) is 16.9 Å². The Bertz CT molecular complexity index is 460. The summed E-state index contributed by atoms with van der Waals surface area (Å²) >= 11 is 5.80. The second kappa shape index (κ2) is 5.88. The van der Waals surface area contributed by atoms with Crippen LogP contribution in [0.1, 0.15) is 26.3 Å². The van der Waals surface area contributed by atoms with Crippen molar-refractivity contribution >= 4 is 17.5 Å². The molecule has 1 unspecified atom stereocenters. The summed E-state index contributed by atoms with van der Waals surface area (Å²) in [4.78, 5) is 11.9. The van der Waals surface area contributed by atoms with Crippen molar-refractivity contribution in [3.63, 3.8) is 0 Å². The summed E-state index contributed by atoms with van der Waals surface area (Å²) in [5, 5.41) is 12.3. The van der Waals surface area contributed by atoms with E-state index in [1.165, 1.54) is 0 Å². The molecular weight excluding hydrogens is 248 g/mol. The van der Waals surface area contributed by atoms with Crippen molar-refractivity contribution in [3.8, 4) is 6.07 Å². The first-order valence-electron chi connectivity index (χ1n) is 5.82. The maximum Gasteiger partial charge on any atom is 0.224 e. The highest BCUT2D eigenvalue weighted by Crippen LogP contribution is 2.14. The standard InChI is InChI=1S/C14H17ClN2O/c1-10(13(18)17-14(2,3)9-16)8-11-4-6-12(15)7-5-11/h4-7,10H,8H2,1-3H3,(H,17,18). The molecule has 0 aromatic heterocycles. The van der Waals surface area contributed by atoms with Crippen LogP contribution in [-0.2, 0) is 11.2 Å². The highest BCUT2D eigenvalue weighted by molar-refractivity contribution is 6.30. The Morgan fingerprint density at radius 3 is 2.50 bits per heavy atom. The summed E-state index contributed by atoms with van der Waals surface area (Å²) in [6, 6.07) is 9.47. The van der Waals surface area contributed by atoms with Gasteiger partial charge in [-0.2, -0.15) is 5.26 Å². The molecule has 0 bridgehead atoms. The third kappa shape index (κ3) is 4.38. The lowest BCUT2D eigenvalue weighted by Crippen LogP contribution is -2.44. The summed E-state index contributed by atoms with van der Waals surface area (Å²) < 4.78 is 0. The van der Waals surface area contributed by atoms with Gasteiger partial charge in [-0.15, -0.1) is 0 Å². The fourth-order valence-corrected chi connectivity index (χ4v) is 1.65. The van der Waals surface area contributed by atoms with E-state index < -0.39 is 5.54 Å². The second-order valence-electron chi connectivity index (χ2n) is 4.96. The van der Waals surface area contributed by atoms with E-state index in [-0.39, 0.29) is 11.8 Å². The molecule has 0 heterocycles. The largest absolute Gasteiger partial charge is 0.338 e. The van der Waals surface area contributed by atoms with E-state index in [2.05, 4.69) is 5.32 Å². The van der Waals surface area contributed by atoms with Crippen molar-refractivity contribution in [1.82, 2.24) is 5.32 Å². The van der Waals surface area contributed by atoms with Gasteiger partial charge in [-0.1, -0.05) is 30.7 Å². The summed E-state index contributed by atoms with van der Waals surface area (Å²) in [7, 11) is 0. The van der Waals surface area contributed by atoms with Gasteiger partial charge in [-0.3, -0.25) is 4.79 Å². The molecule has 1 amide bonds. The zero-order valence-corrected chi connectivity index (χ0v) is 11.6. The molecule has 0 saturated carbocycles. The third-order valence-electron chi connectivity index (χ3n) is 2.62. The number of carbonyl (C=O) groups excluding carboxylic acids is 1. The van der Waals surface area contributed by atoms with Gasteiger partial charge in [0, 0.05) is 10.9 Å². The van der Waals surface area contributed by atoms with E-state index in [1.54, 1.807) is 26.0 Å². The first-order chi connectivity index (χ1) is 8.34. The average Bonchev–Trinajstić information content (AvgIpc) is 2.31. The first kappa shape index (κ1) is 14.5. The molecule has 18 heavy (non-hydrogen) atoms. The highest BCUT2D eigenvalue weighted by atomic mass is 35.5. The number of hydrogen-bond donors (Lipinski definition) is 1. The summed E-state index contributed by atoms with van der Waals surface area (Å²) in [5.41, 5.74) is 0.225. The molecule has 0 aliphatic carbocycles. The van der Waals surface area contributed by atoms with Crippen LogP contribution in [0.3, 0.4) is 0 Å². The lowest BCUT2D eigenvalue weighted by molar-refractivity contribution is -0.125. The van der Waals surface area contributed by atoms with Crippen molar-refractivity contribution in [2.24, 2.45) is 5.92 Å². The van der Waals surface area contributed by atoms with Crippen molar-refractivity contribution in [2.45, 2.75) is 32.7 Å². The number of benzene rings is 1. The zero-order valence-electron chi connectivity index (χ0n) is 10.8. The smallest absolute Gasteiger partial charge is 0.224 e. The van der Waals surface area contributed by atoms with Gasteiger partial charge in [0.15, 0.2) is 0 Å². The minimum absolute atomic E-state index is 0.114. The van der Waals surface area contributed by atoms with E-state index in [9.17, 15) is 4.79 Å². The van der Waals surface area contributed by atoms with Gasteiger partial charge >= 0.3 is 0 Å². The normalized spacial score (nSPS) is 12.6. The highest BCUT2D eigenvalue weighted by Gasteiger charge is 2.22. The fraction of sp³-hybridized carbons (Fsp3) is 0.429. The second-order valence-corrected chi connectivity index (χ2v) is 5.39. The molecular formula is C14H17ClN2O. The van der Waals surface area contributed by atoms with Crippen molar-refractivity contribution in [3.05, 3.63) is 34.9 Å². The third-order valence-corrected chi connectivity index (χ3v) is 2.87. The van der Waals surface area contributed by atoms with Crippen LogP contribution in [0.2, 0.25) is 5.02 Å². The van der Waals surface area contributed by atoms with E-state index in [0.717, 1.165) is 5.56 Å². The van der Waals surface area contributed by atoms with Gasteiger partial charge in [0.25, 0.3) is 0 Å². The molecule has 0 spiro atoms. The van der Waals surface area contributed by atoms with Crippen molar-refractivity contribution < 1.29 is 4.79 Å². The monoisotopic (exact) mass is 264 g/mol. The molecule has 1 rings (SSSR count). The predicted octanol–water partition coefficient (Wildman–Crippen LogP) is 2.94. The summed E-state index contributed by atoms with van der Waals surface area (Å²) in [6.45, 7) is 5.21. The number of halogens is 1. The fourth-order valence-electron chi connectivity index (χ4n) is 1.53. The molecule has 0 aliphatic heterocycles. The number of nitrogens with zero attached hydrogens (tertiary/aromatic N) is 1. The quantitative estimate of drug-likeness (QED) is 0.909. The SMILES string of the molecule is CC(Cc1ccc(Cl)cc1)C(=O)NC(C)(C)C#N. The molecule has 0 fully saturated rings. The minimum Gasteiger partial charge on any atom is -0.338 e. The lowest BCUT2D eigenvalue weighted by Gasteiger charge is -2.20. The number of amides is 1. The molecule has 1 N–H and O–H groups in total. The number of carbonyl (C=O) groups is 1. The predicted molar refractivity (Wildman–Crippen MR) is 72.2 cm³/mol. The number of hydrogen-bond acceptors (Lipinski definition) is 2. The molecule has 1 aromatic rings. The summed E-state index contributed by atoms with van der Waals surface area (Å²) in [6.07, 6.45) is 0.629.